The molecule has 3 aromatic rings. The fourth-order valence-corrected chi connectivity index (χ4v) is 2.72. The summed E-state index contributed by atoms with van der Waals surface area (Å²) >= 11 is 0. The van der Waals surface area contributed by atoms with Gasteiger partial charge in [0.05, 0.1) is 13.0 Å². The van der Waals surface area contributed by atoms with Gasteiger partial charge >= 0.3 is 0 Å². The van der Waals surface area contributed by atoms with Crippen LogP contribution in [0, 0.1) is 6.92 Å². The van der Waals surface area contributed by atoms with Crippen molar-refractivity contribution >= 4 is 16.7 Å². The van der Waals surface area contributed by atoms with Crippen LogP contribution in [-0.4, -0.2) is 10.5 Å². The highest BCUT2D eigenvalue weighted by molar-refractivity contribution is 5.90. The molecule has 0 saturated heterocycles. The summed E-state index contributed by atoms with van der Waals surface area (Å²) in [4.78, 5) is 12.2. The molecule has 0 fully saturated rings. The molecule has 2 aromatic carbocycles. The van der Waals surface area contributed by atoms with Gasteiger partial charge in [0.25, 0.3) is 0 Å². The molecular weight excluding hydrogens is 272 g/mol. The summed E-state index contributed by atoms with van der Waals surface area (Å²) in [7, 11) is 2.02. The van der Waals surface area contributed by atoms with Gasteiger partial charge in [0.15, 0.2) is 0 Å². The summed E-state index contributed by atoms with van der Waals surface area (Å²) in [5, 5.41) is 5.33. The quantitative estimate of drug-likeness (QED) is 0.786. The molecule has 3 nitrogen and oxygen atoms in total. The standard InChI is InChI=1S/C19H20N2O/c1-14-10-11-17(21(14)2)13-20-19(22)12-16-8-5-7-15-6-3-4-9-18(15)16/h3-11H,12-13H2,1-2H3,(H,20,22). The minimum Gasteiger partial charge on any atom is -0.350 e. The topological polar surface area (TPSA) is 34.0 Å². The molecule has 0 aliphatic heterocycles. The maximum atomic E-state index is 12.2. The second-order valence-electron chi connectivity index (χ2n) is 5.62. The van der Waals surface area contributed by atoms with Crippen molar-refractivity contribution in [1.29, 1.82) is 0 Å². The van der Waals surface area contributed by atoms with Gasteiger partial charge in [0, 0.05) is 18.4 Å². The van der Waals surface area contributed by atoms with Crippen molar-refractivity contribution in [2.24, 2.45) is 7.05 Å². The van der Waals surface area contributed by atoms with Gasteiger partial charge in [0.1, 0.15) is 0 Å². The number of aromatic nitrogens is 1. The van der Waals surface area contributed by atoms with Crippen molar-refractivity contribution in [2.75, 3.05) is 0 Å². The van der Waals surface area contributed by atoms with Gasteiger partial charge in [-0.2, -0.15) is 0 Å². The first-order chi connectivity index (χ1) is 10.6. The van der Waals surface area contributed by atoms with E-state index in [9.17, 15) is 4.79 Å². The van der Waals surface area contributed by atoms with E-state index in [0.717, 1.165) is 16.6 Å². The van der Waals surface area contributed by atoms with Crippen molar-refractivity contribution in [1.82, 2.24) is 9.88 Å². The van der Waals surface area contributed by atoms with Crippen LogP contribution in [-0.2, 0) is 24.8 Å². The first kappa shape index (κ1) is 14.4. The fourth-order valence-electron chi connectivity index (χ4n) is 2.72. The van der Waals surface area contributed by atoms with Crippen LogP contribution < -0.4 is 5.32 Å². The molecule has 1 aromatic heterocycles. The average molecular weight is 292 g/mol. The smallest absolute Gasteiger partial charge is 0.224 e. The Labute approximate surface area is 130 Å². The second-order valence-corrected chi connectivity index (χ2v) is 5.62. The van der Waals surface area contributed by atoms with Crippen molar-refractivity contribution in [2.45, 2.75) is 19.9 Å². The van der Waals surface area contributed by atoms with Crippen LogP contribution >= 0.6 is 0 Å². The summed E-state index contributed by atoms with van der Waals surface area (Å²) in [6, 6.07) is 18.4. The largest absolute Gasteiger partial charge is 0.350 e. The predicted molar refractivity (Wildman–Crippen MR) is 89.6 cm³/mol. The van der Waals surface area contributed by atoms with Gasteiger partial charge in [-0.15, -0.1) is 0 Å². The van der Waals surface area contributed by atoms with Crippen molar-refractivity contribution in [3.05, 3.63) is 71.5 Å². The summed E-state index contributed by atoms with van der Waals surface area (Å²) in [6.45, 7) is 2.62. The molecule has 0 saturated carbocycles. The molecule has 1 N–H and O–H groups in total. The summed E-state index contributed by atoms with van der Waals surface area (Å²) in [6.07, 6.45) is 0.407. The summed E-state index contributed by atoms with van der Waals surface area (Å²) in [5.74, 6) is 0.0511. The van der Waals surface area contributed by atoms with Crippen LogP contribution in [0.4, 0.5) is 0 Å². The minimum atomic E-state index is 0.0511. The van der Waals surface area contributed by atoms with E-state index in [1.807, 2.05) is 37.4 Å². The Morgan fingerprint density at radius 1 is 1.05 bits per heavy atom. The molecular formula is C19H20N2O. The van der Waals surface area contributed by atoms with Gasteiger partial charge < -0.3 is 9.88 Å². The van der Waals surface area contributed by atoms with Gasteiger partial charge in [-0.1, -0.05) is 42.5 Å². The highest BCUT2D eigenvalue weighted by atomic mass is 16.1. The van der Waals surface area contributed by atoms with E-state index in [1.165, 1.54) is 11.1 Å². The van der Waals surface area contributed by atoms with Gasteiger partial charge in [0.2, 0.25) is 5.91 Å². The molecule has 0 aliphatic carbocycles. The molecule has 3 heteroatoms. The number of benzene rings is 2. The van der Waals surface area contributed by atoms with Gasteiger partial charge in [-0.05, 0) is 35.4 Å². The summed E-state index contributed by atoms with van der Waals surface area (Å²) in [5.41, 5.74) is 3.38. The van der Waals surface area contributed by atoms with Crippen LogP contribution in [0.1, 0.15) is 17.0 Å². The predicted octanol–water partition coefficient (Wildman–Crippen LogP) is 3.35. The first-order valence-electron chi connectivity index (χ1n) is 7.49. The van der Waals surface area contributed by atoms with Gasteiger partial charge in [-0.3, -0.25) is 4.79 Å². The molecule has 0 radical (unpaired) electrons. The number of rotatable bonds is 4. The molecule has 112 valence electrons. The maximum Gasteiger partial charge on any atom is 0.224 e. The van der Waals surface area contributed by atoms with Crippen molar-refractivity contribution in [3.63, 3.8) is 0 Å². The highest BCUT2D eigenvalue weighted by Gasteiger charge is 2.08. The number of aryl methyl sites for hydroxylation is 1. The lowest BCUT2D eigenvalue weighted by Crippen LogP contribution is -2.25. The number of hydrogen-bond donors (Lipinski definition) is 1. The zero-order valence-electron chi connectivity index (χ0n) is 13.0. The third-order valence-corrected chi connectivity index (χ3v) is 4.17. The van der Waals surface area contributed by atoms with E-state index in [4.69, 9.17) is 0 Å². The second kappa shape index (κ2) is 6.06. The molecule has 0 bridgehead atoms. The molecule has 1 heterocycles. The molecule has 0 spiro atoms. The van der Waals surface area contributed by atoms with Crippen LogP contribution in [0.15, 0.2) is 54.6 Å². The molecule has 0 unspecified atom stereocenters. The average Bonchev–Trinajstić information content (AvgIpc) is 2.85. The number of nitrogens with one attached hydrogen (secondary N) is 1. The third-order valence-electron chi connectivity index (χ3n) is 4.17. The van der Waals surface area contributed by atoms with E-state index in [-0.39, 0.29) is 5.91 Å². The molecule has 0 atom stereocenters. The van der Waals surface area contributed by atoms with Crippen molar-refractivity contribution < 1.29 is 4.79 Å². The Morgan fingerprint density at radius 3 is 2.59 bits per heavy atom. The van der Waals surface area contributed by atoms with E-state index in [0.29, 0.717) is 13.0 Å². The van der Waals surface area contributed by atoms with Crippen molar-refractivity contribution in [3.8, 4) is 0 Å². The minimum absolute atomic E-state index is 0.0511. The Balaban J connectivity index is 1.70. The van der Waals surface area contributed by atoms with Gasteiger partial charge in [-0.25, -0.2) is 0 Å². The highest BCUT2D eigenvalue weighted by Crippen LogP contribution is 2.18. The maximum absolute atomic E-state index is 12.2. The summed E-state index contributed by atoms with van der Waals surface area (Å²) < 4.78 is 2.10. The number of carbonyl (C=O) groups excluding carboxylic acids is 1. The Morgan fingerprint density at radius 2 is 1.82 bits per heavy atom. The molecule has 1 amide bonds. The Hall–Kier alpha value is -2.55. The molecule has 0 aliphatic rings. The lowest BCUT2D eigenvalue weighted by molar-refractivity contribution is -0.120. The molecule has 22 heavy (non-hydrogen) atoms. The monoisotopic (exact) mass is 292 g/mol. The lowest BCUT2D eigenvalue weighted by Gasteiger charge is -2.09. The first-order valence-corrected chi connectivity index (χ1v) is 7.49. The van der Waals surface area contributed by atoms with Crippen LogP contribution in [0.2, 0.25) is 0 Å². The molecule has 3 rings (SSSR count). The third kappa shape index (κ3) is 2.89. The van der Waals surface area contributed by atoms with E-state index >= 15 is 0 Å². The van der Waals surface area contributed by atoms with Crippen LogP contribution in [0.3, 0.4) is 0 Å². The zero-order valence-corrected chi connectivity index (χ0v) is 13.0. The SMILES string of the molecule is Cc1ccc(CNC(=O)Cc2cccc3ccccc23)n1C. The number of hydrogen-bond acceptors (Lipinski definition) is 1. The fraction of sp³-hybridized carbons (Fsp3) is 0.211. The number of carbonyl (C=O) groups is 1. The van der Waals surface area contributed by atoms with Crippen LogP contribution in [0.5, 0.6) is 0 Å². The Bertz CT molecular complexity index is 812. The van der Waals surface area contributed by atoms with E-state index < -0.39 is 0 Å². The normalized spacial score (nSPS) is 10.8. The number of nitrogens with zero attached hydrogens (tertiary/aromatic N) is 1. The number of fused-ring (bicyclic) bond motifs is 1. The van der Waals surface area contributed by atoms with E-state index in [1.54, 1.807) is 0 Å². The van der Waals surface area contributed by atoms with Crippen LogP contribution in [0.25, 0.3) is 10.8 Å². The Kier molecular flexibility index (Phi) is 3.96. The lowest BCUT2D eigenvalue weighted by atomic mass is 10.0. The zero-order chi connectivity index (χ0) is 15.5. The van der Waals surface area contributed by atoms with E-state index in [2.05, 4.69) is 41.1 Å². The number of amides is 1.